The number of carbonyl (C=O) groups is 1. The molecule has 0 unspecified atom stereocenters. The largest absolute Gasteiger partial charge is 0.326 e. The van der Waals surface area contributed by atoms with Crippen LogP contribution in [0.2, 0.25) is 0 Å². The lowest BCUT2D eigenvalue weighted by Gasteiger charge is -2.32. The van der Waals surface area contributed by atoms with Crippen LogP contribution in [0.4, 0.5) is 5.69 Å². The Hall–Kier alpha value is -1.44. The van der Waals surface area contributed by atoms with Crippen molar-refractivity contribution in [3.63, 3.8) is 0 Å². The third-order valence-electron chi connectivity index (χ3n) is 4.18. The van der Waals surface area contributed by atoms with Crippen LogP contribution in [0.5, 0.6) is 0 Å². The molecule has 0 spiro atoms. The molecule has 0 bridgehead atoms. The fourth-order valence-electron chi connectivity index (χ4n) is 2.79. The number of rotatable bonds is 4. The van der Waals surface area contributed by atoms with Crippen LogP contribution in [-0.4, -0.2) is 50.1 Å². The number of piperidine rings is 1. The van der Waals surface area contributed by atoms with Gasteiger partial charge in [0.1, 0.15) is 0 Å². The van der Waals surface area contributed by atoms with Crippen LogP contribution in [0, 0.1) is 19.8 Å². The van der Waals surface area contributed by atoms with Gasteiger partial charge in [-0.3, -0.25) is 4.79 Å². The van der Waals surface area contributed by atoms with E-state index in [1.165, 1.54) is 22.7 Å². The summed E-state index contributed by atoms with van der Waals surface area (Å²) < 4.78 is 27.0. The number of aryl methyl sites for hydroxylation is 2. The molecule has 23 heavy (non-hydrogen) atoms. The first kappa shape index (κ1) is 17.9. The molecule has 1 aliphatic heterocycles. The van der Waals surface area contributed by atoms with Gasteiger partial charge in [0.15, 0.2) is 0 Å². The summed E-state index contributed by atoms with van der Waals surface area (Å²) in [7, 11) is -0.449. The molecule has 0 aliphatic carbocycles. The number of benzene rings is 1. The van der Waals surface area contributed by atoms with Crippen LogP contribution in [0.25, 0.3) is 0 Å². The highest BCUT2D eigenvalue weighted by Crippen LogP contribution is 2.23. The molecule has 1 aromatic carbocycles. The lowest BCUT2D eigenvalue weighted by molar-refractivity contribution is -0.120. The highest BCUT2D eigenvalue weighted by atomic mass is 32.2. The Bertz CT molecular complexity index is 686. The zero-order chi connectivity index (χ0) is 17.2. The summed E-state index contributed by atoms with van der Waals surface area (Å²) in [4.78, 5) is 12.5. The second-order valence-corrected chi connectivity index (χ2v) is 8.44. The standard InChI is InChI=1S/C16H25N3O3S/c1-12-7-8-15(13(2)10-12)17-16(20)14-6-5-9-19(11-14)23(21,22)18(3)4/h7-8,10,14H,5-6,9,11H2,1-4H3,(H,17,20)/t14-/m0/s1. The maximum Gasteiger partial charge on any atom is 0.281 e. The van der Waals surface area contributed by atoms with E-state index in [2.05, 4.69) is 5.32 Å². The minimum atomic E-state index is -3.47. The van der Waals surface area contributed by atoms with Crippen LogP contribution in [0.1, 0.15) is 24.0 Å². The molecule has 1 fully saturated rings. The first-order valence-electron chi connectivity index (χ1n) is 7.77. The van der Waals surface area contributed by atoms with Gasteiger partial charge in [0.25, 0.3) is 10.2 Å². The van der Waals surface area contributed by atoms with Crippen molar-refractivity contribution in [1.29, 1.82) is 0 Å². The van der Waals surface area contributed by atoms with Gasteiger partial charge < -0.3 is 5.32 Å². The van der Waals surface area contributed by atoms with Crippen LogP contribution < -0.4 is 5.32 Å². The normalized spacial score (nSPS) is 19.8. The fourth-order valence-corrected chi connectivity index (χ4v) is 3.98. The number of hydrogen-bond acceptors (Lipinski definition) is 3. The number of anilines is 1. The molecule has 0 saturated carbocycles. The summed E-state index contributed by atoms with van der Waals surface area (Å²) in [5, 5.41) is 2.93. The molecule has 1 N–H and O–H groups in total. The number of amides is 1. The molecule has 128 valence electrons. The Kier molecular flexibility index (Phi) is 5.44. The first-order valence-corrected chi connectivity index (χ1v) is 9.17. The predicted molar refractivity (Wildman–Crippen MR) is 91.4 cm³/mol. The molecule has 6 nitrogen and oxygen atoms in total. The van der Waals surface area contributed by atoms with Gasteiger partial charge in [-0.2, -0.15) is 17.0 Å². The van der Waals surface area contributed by atoms with Crippen LogP contribution in [-0.2, 0) is 15.0 Å². The van der Waals surface area contributed by atoms with Crippen LogP contribution in [0.15, 0.2) is 18.2 Å². The van der Waals surface area contributed by atoms with Gasteiger partial charge in [0, 0.05) is 32.9 Å². The molecule has 1 amide bonds. The topological polar surface area (TPSA) is 69.7 Å². The van der Waals surface area contributed by atoms with Crippen molar-refractivity contribution in [1.82, 2.24) is 8.61 Å². The van der Waals surface area contributed by atoms with Crippen molar-refractivity contribution in [2.75, 3.05) is 32.5 Å². The Balaban J connectivity index is 2.08. The van der Waals surface area contributed by atoms with Gasteiger partial charge in [-0.1, -0.05) is 17.7 Å². The smallest absolute Gasteiger partial charge is 0.281 e. The average molecular weight is 339 g/mol. The van der Waals surface area contributed by atoms with Crippen molar-refractivity contribution in [3.8, 4) is 0 Å². The highest BCUT2D eigenvalue weighted by Gasteiger charge is 2.33. The third kappa shape index (κ3) is 4.10. The minimum absolute atomic E-state index is 0.115. The second-order valence-electron chi connectivity index (χ2n) is 6.29. The Labute approximate surface area is 138 Å². The van der Waals surface area contributed by atoms with Crippen LogP contribution >= 0.6 is 0 Å². The van der Waals surface area contributed by atoms with Gasteiger partial charge in [0.2, 0.25) is 5.91 Å². The molecule has 0 radical (unpaired) electrons. The number of nitrogens with zero attached hydrogens (tertiary/aromatic N) is 2. The van der Waals surface area contributed by atoms with E-state index in [0.717, 1.165) is 16.8 Å². The molecule has 1 heterocycles. The molecule has 1 aromatic rings. The quantitative estimate of drug-likeness (QED) is 0.909. The fraction of sp³-hybridized carbons (Fsp3) is 0.562. The maximum absolute atomic E-state index is 12.5. The van der Waals surface area contributed by atoms with Crippen LogP contribution in [0.3, 0.4) is 0 Å². The van der Waals surface area contributed by atoms with E-state index in [9.17, 15) is 13.2 Å². The number of carbonyl (C=O) groups excluding carboxylic acids is 1. The van der Waals surface area contributed by atoms with Gasteiger partial charge in [-0.15, -0.1) is 0 Å². The number of nitrogens with one attached hydrogen (secondary N) is 1. The van der Waals surface area contributed by atoms with Crippen molar-refractivity contribution >= 4 is 21.8 Å². The minimum Gasteiger partial charge on any atom is -0.326 e. The SMILES string of the molecule is Cc1ccc(NC(=O)[C@H]2CCCN(S(=O)(=O)N(C)C)C2)c(C)c1. The molecule has 1 saturated heterocycles. The van der Waals surface area contributed by atoms with Crippen molar-refractivity contribution in [2.24, 2.45) is 5.92 Å². The predicted octanol–water partition coefficient (Wildman–Crippen LogP) is 1.76. The Morgan fingerprint density at radius 1 is 1.30 bits per heavy atom. The van der Waals surface area contributed by atoms with Gasteiger partial charge in [0.05, 0.1) is 5.92 Å². The second kappa shape index (κ2) is 6.98. The zero-order valence-corrected chi connectivity index (χ0v) is 15.0. The lowest BCUT2D eigenvalue weighted by atomic mass is 9.98. The van der Waals surface area contributed by atoms with Crippen molar-refractivity contribution in [2.45, 2.75) is 26.7 Å². The molecule has 1 aliphatic rings. The first-order chi connectivity index (χ1) is 10.7. The van der Waals surface area contributed by atoms with E-state index in [-0.39, 0.29) is 18.4 Å². The highest BCUT2D eigenvalue weighted by molar-refractivity contribution is 7.86. The summed E-state index contributed by atoms with van der Waals surface area (Å²) in [6.07, 6.45) is 1.40. The van der Waals surface area contributed by atoms with E-state index < -0.39 is 10.2 Å². The van der Waals surface area contributed by atoms with E-state index >= 15 is 0 Å². The third-order valence-corrected chi connectivity index (χ3v) is 6.09. The van der Waals surface area contributed by atoms with Gasteiger partial charge in [-0.25, -0.2) is 0 Å². The molecule has 0 aromatic heterocycles. The van der Waals surface area contributed by atoms with Gasteiger partial charge >= 0.3 is 0 Å². The molecule has 7 heteroatoms. The summed E-state index contributed by atoms with van der Waals surface area (Å²) >= 11 is 0. The molecule has 1 atom stereocenters. The summed E-state index contributed by atoms with van der Waals surface area (Å²) in [6.45, 7) is 4.65. The molecular weight excluding hydrogens is 314 g/mol. The van der Waals surface area contributed by atoms with Gasteiger partial charge in [-0.05, 0) is 38.3 Å². The Morgan fingerprint density at radius 3 is 2.61 bits per heavy atom. The summed E-state index contributed by atoms with van der Waals surface area (Å²) in [5.41, 5.74) is 2.93. The van der Waals surface area contributed by atoms with E-state index in [4.69, 9.17) is 0 Å². The van der Waals surface area contributed by atoms with E-state index in [0.29, 0.717) is 19.4 Å². The zero-order valence-electron chi connectivity index (χ0n) is 14.2. The molecule has 2 rings (SSSR count). The lowest BCUT2D eigenvalue weighted by Crippen LogP contribution is -2.47. The summed E-state index contributed by atoms with van der Waals surface area (Å²) in [6, 6.07) is 5.85. The van der Waals surface area contributed by atoms with Crippen molar-refractivity contribution < 1.29 is 13.2 Å². The average Bonchev–Trinajstić information content (AvgIpc) is 2.50. The molecular formula is C16H25N3O3S. The van der Waals surface area contributed by atoms with E-state index in [1.54, 1.807) is 0 Å². The summed E-state index contributed by atoms with van der Waals surface area (Å²) in [5.74, 6) is -0.435. The number of hydrogen-bond donors (Lipinski definition) is 1. The maximum atomic E-state index is 12.5. The van der Waals surface area contributed by atoms with E-state index in [1.807, 2.05) is 32.0 Å². The monoisotopic (exact) mass is 339 g/mol. The van der Waals surface area contributed by atoms with Crippen molar-refractivity contribution in [3.05, 3.63) is 29.3 Å². The Morgan fingerprint density at radius 2 is 2.00 bits per heavy atom.